The number of nitrogens with one attached hydrogen (secondary N) is 1. The number of rotatable bonds is 3. The summed E-state index contributed by atoms with van der Waals surface area (Å²) in [6.45, 7) is 5.87. The van der Waals surface area contributed by atoms with E-state index in [2.05, 4.69) is 56.6 Å². The predicted molar refractivity (Wildman–Crippen MR) is 71.7 cm³/mol. The van der Waals surface area contributed by atoms with Crippen LogP contribution in [0.1, 0.15) is 18.5 Å². The van der Waals surface area contributed by atoms with Crippen molar-refractivity contribution in [2.45, 2.75) is 13.0 Å². The molecule has 0 bridgehead atoms. The molecule has 0 aromatic heterocycles. The molecule has 0 amide bonds. The maximum Gasteiger partial charge on any atom is 0.0675 e. The summed E-state index contributed by atoms with van der Waals surface area (Å²) in [5.74, 6) is 5.50. The molecule has 0 aliphatic heterocycles. The molecule has 14 heavy (non-hydrogen) atoms. The first-order chi connectivity index (χ1) is 6.56. The zero-order valence-electron chi connectivity index (χ0n) is 7.85. The second-order valence-electron chi connectivity index (χ2n) is 3.11. The third-order valence-corrected chi connectivity index (χ3v) is 3.40. The predicted octanol–water partition coefficient (Wildman–Crippen LogP) is 3.13. The van der Waals surface area contributed by atoms with Crippen molar-refractivity contribution in [1.82, 2.24) is 5.43 Å². The molecule has 0 aliphatic carbocycles. The molecule has 0 saturated heterocycles. The van der Waals surface area contributed by atoms with Crippen LogP contribution >= 0.6 is 38.5 Å². The van der Waals surface area contributed by atoms with E-state index >= 15 is 0 Å². The first-order valence-electron chi connectivity index (χ1n) is 4.12. The first-order valence-corrected chi connectivity index (χ1v) is 6.00. The molecule has 1 unspecified atom stereocenters. The van der Waals surface area contributed by atoms with E-state index in [1.807, 2.05) is 19.1 Å². The first kappa shape index (κ1) is 12.2. The van der Waals surface area contributed by atoms with Crippen LogP contribution in [-0.2, 0) is 0 Å². The normalized spacial score (nSPS) is 12.6. The maximum atomic E-state index is 5.50. The van der Waals surface area contributed by atoms with Crippen LogP contribution in [-0.4, -0.2) is 0 Å². The van der Waals surface area contributed by atoms with Gasteiger partial charge in [-0.25, -0.2) is 5.43 Å². The van der Waals surface area contributed by atoms with Crippen molar-refractivity contribution in [3.05, 3.63) is 44.0 Å². The van der Waals surface area contributed by atoms with E-state index in [4.69, 9.17) is 5.84 Å². The van der Waals surface area contributed by atoms with E-state index in [1.165, 1.54) is 3.57 Å². The number of benzene rings is 1. The molecule has 0 saturated carbocycles. The number of hydrogen-bond acceptors (Lipinski definition) is 2. The van der Waals surface area contributed by atoms with Crippen LogP contribution in [0.3, 0.4) is 0 Å². The molecule has 2 nitrogen and oxygen atoms in total. The highest BCUT2D eigenvalue weighted by Crippen LogP contribution is 2.27. The Kier molecular flexibility index (Phi) is 4.56. The van der Waals surface area contributed by atoms with Crippen LogP contribution in [0.15, 0.2) is 34.8 Å². The Hall–Kier alpha value is 0.0900. The van der Waals surface area contributed by atoms with Crippen molar-refractivity contribution in [2.24, 2.45) is 5.84 Å². The minimum absolute atomic E-state index is 0.0133. The summed E-state index contributed by atoms with van der Waals surface area (Å²) in [7, 11) is 0. The van der Waals surface area contributed by atoms with Gasteiger partial charge in [-0.3, -0.25) is 5.84 Å². The van der Waals surface area contributed by atoms with Gasteiger partial charge < -0.3 is 0 Å². The third kappa shape index (κ3) is 2.79. The number of hydrazine groups is 1. The molecule has 1 atom stereocenters. The summed E-state index contributed by atoms with van der Waals surface area (Å²) in [6, 6.07) is 6.13. The van der Waals surface area contributed by atoms with Crippen LogP contribution in [0.4, 0.5) is 0 Å². The molecule has 1 aromatic rings. The maximum absolute atomic E-state index is 5.50. The second kappa shape index (κ2) is 5.25. The average molecular weight is 367 g/mol. The van der Waals surface area contributed by atoms with Crippen molar-refractivity contribution in [3.63, 3.8) is 0 Å². The lowest BCUT2D eigenvalue weighted by Gasteiger charge is -2.18. The van der Waals surface area contributed by atoms with Gasteiger partial charge in [0.25, 0.3) is 0 Å². The summed E-state index contributed by atoms with van der Waals surface area (Å²) in [5.41, 5.74) is 4.91. The van der Waals surface area contributed by atoms with E-state index in [0.29, 0.717) is 0 Å². The zero-order chi connectivity index (χ0) is 10.7. The van der Waals surface area contributed by atoms with Crippen LogP contribution in [0.5, 0.6) is 0 Å². The van der Waals surface area contributed by atoms with E-state index in [0.717, 1.165) is 15.6 Å². The largest absolute Gasteiger partial charge is 0.271 e. The van der Waals surface area contributed by atoms with Crippen LogP contribution in [0.25, 0.3) is 0 Å². The molecular formula is C10H12BrIN2. The summed E-state index contributed by atoms with van der Waals surface area (Å²) < 4.78 is 2.23. The van der Waals surface area contributed by atoms with Gasteiger partial charge in [0.15, 0.2) is 0 Å². The summed E-state index contributed by atoms with van der Waals surface area (Å²) in [6.07, 6.45) is 0. The summed E-state index contributed by atoms with van der Waals surface area (Å²) in [5, 5.41) is 0. The fourth-order valence-electron chi connectivity index (χ4n) is 1.23. The van der Waals surface area contributed by atoms with E-state index < -0.39 is 0 Å². The van der Waals surface area contributed by atoms with Gasteiger partial charge in [0.1, 0.15) is 0 Å². The third-order valence-electron chi connectivity index (χ3n) is 1.93. The van der Waals surface area contributed by atoms with Crippen molar-refractivity contribution >= 4 is 38.5 Å². The topological polar surface area (TPSA) is 38.0 Å². The van der Waals surface area contributed by atoms with Crippen LogP contribution in [0.2, 0.25) is 0 Å². The second-order valence-corrected chi connectivity index (χ2v) is 5.19. The number of nitrogens with two attached hydrogens (primary N) is 1. The van der Waals surface area contributed by atoms with Crippen molar-refractivity contribution in [2.75, 3.05) is 0 Å². The average Bonchev–Trinajstić information content (AvgIpc) is 2.11. The van der Waals surface area contributed by atoms with Gasteiger partial charge in [-0.15, -0.1) is 0 Å². The molecule has 0 fully saturated rings. The quantitative estimate of drug-likeness (QED) is 0.373. The van der Waals surface area contributed by atoms with Crippen molar-refractivity contribution < 1.29 is 0 Å². The molecular weight excluding hydrogens is 355 g/mol. The fraction of sp³-hybridized carbons (Fsp3) is 0.200. The Morgan fingerprint density at radius 1 is 1.64 bits per heavy atom. The van der Waals surface area contributed by atoms with Gasteiger partial charge in [0.2, 0.25) is 0 Å². The highest BCUT2D eigenvalue weighted by molar-refractivity contribution is 14.1. The lowest BCUT2D eigenvalue weighted by molar-refractivity contribution is 0.624. The molecule has 3 N–H and O–H groups in total. The van der Waals surface area contributed by atoms with E-state index in [9.17, 15) is 0 Å². The SMILES string of the molecule is C=C(C)C(NN)c1cc(Br)ccc1I. The van der Waals surface area contributed by atoms with Crippen molar-refractivity contribution in [1.29, 1.82) is 0 Å². The minimum atomic E-state index is 0.0133. The molecule has 0 aliphatic rings. The summed E-state index contributed by atoms with van der Waals surface area (Å²) in [4.78, 5) is 0. The minimum Gasteiger partial charge on any atom is -0.271 e. The van der Waals surface area contributed by atoms with Gasteiger partial charge >= 0.3 is 0 Å². The fourth-order valence-corrected chi connectivity index (χ4v) is 2.26. The molecule has 0 radical (unpaired) electrons. The van der Waals surface area contributed by atoms with E-state index in [1.54, 1.807) is 0 Å². The molecule has 76 valence electrons. The Labute approximate surface area is 106 Å². The van der Waals surface area contributed by atoms with Gasteiger partial charge in [-0.2, -0.15) is 0 Å². The molecule has 0 heterocycles. The molecule has 1 aromatic carbocycles. The molecule has 4 heteroatoms. The monoisotopic (exact) mass is 366 g/mol. The Bertz CT molecular complexity index is 352. The smallest absolute Gasteiger partial charge is 0.0675 e. The molecule has 1 rings (SSSR count). The number of hydrogen-bond donors (Lipinski definition) is 2. The van der Waals surface area contributed by atoms with Crippen LogP contribution < -0.4 is 11.3 Å². The van der Waals surface area contributed by atoms with Crippen LogP contribution in [0, 0.1) is 3.57 Å². The standard InChI is InChI=1S/C10H12BrIN2/c1-6(2)10(14-13)8-5-7(11)3-4-9(8)12/h3-5,10,14H,1,13H2,2H3. The zero-order valence-corrected chi connectivity index (χ0v) is 11.6. The highest BCUT2D eigenvalue weighted by Gasteiger charge is 2.13. The Morgan fingerprint density at radius 3 is 2.79 bits per heavy atom. The van der Waals surface area contributed by atoms with Gasteiger partial charge in [-0.05, 0) is 53.3 Å². The molecule has 0 spiro atoms. The number of halogens is 2. The highest BCUT2D eigenvalue weighted by atomic mass is 127. The lowest BCUT2D eigenvalue weighted by Crippen LogP contribution is -2.29. The lowest BCUT2D eigenvalue weighted by atomic mass is 10.0. The summed E-state index contributed by atoms with van der Waals surface area (Å²) >= 11 is 5.73. The van der Waals surface area contributed by atoms with E-state index in [-0.39, 0.29) is 6.04 Å². The Balaban J connectivity index is 3.15. The van der Waals surface area contributed by atoms with Crippen molar-refractivity contribution in [3.8, 4) is 0 Å². The van der Waals surface area contributed by atoms with Gasteiger partial charge in [-0.1, -0.05) is 28.1 Å². The van der Waals surface area contributed by atoms with Gasteiger partial charge in [0, 0.05) is 8.04 Å². The van der Waals surface area contributed by atoms with Gasteiger partial charge in [0.05, 0.1) is 6.04 Å². The Morgan fingerprint density at radius 2 is 2.29 bits per heavy atom.